The maximum absolute atomic E-state index is 3.67. The van der Waals surface area contributed by atoms with Crippen LogP contribution < -0.4 is 12.3 Å². The summed E-state index contributed by atoms with van der Waals surface area (Å²) in [4.78, 5) is 0. The van der Waals surface area contributed by atoms with Crippen molar-refractivity contribution >= 4 is 5.57 Å². The Morgan fingerprint density at radius 3 is 1.64 bits per heavy atom. The SMILES string of the molecule is C=C(C)CC.C=C/C=C\C.CC/C(C)=C(/C)c1ccc(C)cc1.N.N. The molecule has 0 fully saturated rings. The van der Waals surface area contributed by atoms with Gasteiger partial charge < -0.3 is 12.3 Å². The van der Waals surface area contributed by atoms with Gasteiger partial charge in [-0.2, -0.15) is 0 Å². The first-order valence-corrected chi connectivity index (χ1v) is 8.45. The van der Waals surface area contributed by atoms with Crippen molar-refractivity contribution in [1.82, 2.24) is 12.3 Å². The molecule has 0 unspecified atom stereocenters. The molecule has 0 radical (unpaired) electrons. The molecule has 25 heavy (non-hydrogen) atoms. The van der Waals surface area contributed by atoms with Gasteiger partial charge in [-0.05, 0) is 58.6 Å². The molecule has 0 spiro atoms. The zero-order valence-corrected chi connectivity index (χ0v) is 17.8. The lowest BCUT2D eigenvalue weighted by molar-refractivity contribution is 1.10. The van der Waals surface area contributed by atoms with Crippen LogP contribution in [-0.2, 0) is 0 Å². The van der Waals surface area contributed by atoms with Gasteiger partial charge in [-0.1, -0.05) is 79.6 Å². The van der Waals surface area contributed by atoms with Crippen molar-refractivity contribution in [3.8, 4) is 0 Å². The molecule has 0 aliphatic heterocycles. The average Bonchev–Trinajstić information content (AvgIpc) is 2.56. The van der Waals surface area contributed by atoms with Crippen molar-refractivity contribution < 1.29 is 0 Å². The van der Waals surface area contributed by atoms with Gasteiger partial charge in [-0.3, -0.25) is 0 Å². The van der Waals surface area contributed by atoms with E-state index < -0.39 is 0 Å². The van der Waals surface area contributed by atoms with Crippen LogP contribution in [0.25, 0.3) is 5.57 Å². The Morgan fingerprint density at radius 1 is 0.960 bits per heavy atom. The van der Waals surface area contributed by atoms with E-state index in [2.05, 4.69) is 72.0 Å². The highest BCUT2D eigenvalue weighted by Crippen LogP contribution is 2.19. The highest BCUT2D eigenvalue weighted by molar-refractivity contribution is 5.66. The third-order valence-corrected chi connectivity index (χ3v) is 3.59. The molecule has 2 heteroatoms. The molecular formula is C23H42N2. The van der Waals surface area contributed by atoms with E-state index in [-0.39, 0.29) is 12.3 Å². The van der Waals surface area contributed by atoms with Gasteiger partial charge in [-0.25, -0.2) is 0 Å². The number of hydrogen-bond acceptors (Lipinski definition) is 2. The summed E-state index contributed by atoms with van der Waals surface area (Å²) in [6.07, 6.45) is 7.83. The summed E-state index contributed by atoms with van der Waals surface area (Å²) in [7, 11) is 0. The maximum atomic E-state index is 3.67. The fraction of sp³-hybridized carbons (Fsp3) is 0.391. The van der Waals surface area contributed by atoms with Crippen LogP contribution in [0.3, 0.4) is 0 Å². The van der Waals surface area contributed by atoms with E-state index in [4.69, 9.17) is 0 Å². The van der Waals surface area contributed by atoms with Crippen LogP contribution in [0.1, 0.15) is 65.5 Å². The van der Waals surface area contributed by atoms with Gasteiger partial charge in [0.1, 0.15) is 0 Å². The number of allylic oxidation sites excluding steroid dienone is 6. The second-order valence-corrected chi connectivity index (χ2v) is 5.70. The summed E-state index contributed by atoms with van der Waals surface area (Å²) < 4.78 is 0. The fourth-order valence-electron chi connectivity index (χ4n) is 1.45. The zero-order valence-electron chi connectivity index (χ0n) is 17.8. The predicted molar refractivity (Wildman–Crippen MR) is 120 cm³/mol. The fourth-order valence-corrected chi connectivity index (χ4v) is 1.45. The third-order valence-electron chi connectivity index (χ3n) is 3.59. The quantitative estimate of drug-likeness (QED) is 0.425. The zero-order chi connectivity index (χ0) is 18.3. The lowest BCUT2D eigenvalue weighted by Gasteiger charge is -2.06. The Kier molecular flexibility index (Phi) is 24.9. The number of benzene rings is 1. The molecule has 0 aromatic heterocycles. The summed E-state index contributed by atoms with van der Waals surface area (Å²) in [6.45, 7) is 21.9. The lowest BCUT2D eigenvalue weighted by Crippen LogP contribution is -1.84. The molecule has 0 saturated heterocycles. The van der Waals surface area contributed by atoms with Crippen molar-refractivity contribution in [3.63, 3.8) is 0 Å². The lowest BCUT2D eigenvalue weighted by atomic mass is 10.0. The topological polar surface area (TPSA) is 70.0 Å². The predicted octanol–water partition coefficient (Wildman–Crippen LogP) is 8.24. The molecule has 1 aromatic carbocycles. The largest absolute Gasteiger partial charge is 0.344 e. The molecule has 0 bridgehead atoms. The molecule has 1 aromatic rings. The number of rotatable bonds is 4. The minimum absolute atomic E-state index is 0. The van der Waals surface area contributed by atoms with Crippen LogP contribution >= 0.6 is 0 Å². The minimum Gasteiger partial charge on any atom is -0.344 e. The van der Waals surface area contributed by atoms with Crippen molar-refractivity contribution in [3.05, 3.63) is 77.9 Å². The van der Waals surface area contributed by atoms with E-state index in [0.717, 1.165) is 12.8 Å². The van der Waals surface area contributed by atoms with Crippen LogP contribution in [0.15, 0.2) is 66.8 Å². The average molecular weight is 347 g/mol. The van der Waals surface area contributed by atoms with Crippen molar-refractivity contribution in [2.45, 2.75) is 61.3 Å². The summed E-state index contributed by atoms with van der Waals surface area (Å²) in [5.74, 6) is 0. The highest BCUT2D eigenvalue weighted by Gasteiger charge is 1.97. The normalized spacial score (nSPS) is 9.88. The number of hydrogen-bond donors (Lipinski definition) is 2. The number of aryl methyl sites for hydroxylation is 1. The summed E-state index contributed by atoms with van der Waals surface area (Å²) in [5.41, 5.74) is 6.83. The summed E-state index contributed by atoms with van der Waals surface area (Å²) in [6, 6.07) is 8.73. The van der Waals surface area contributed by atoms with Gasteiger partial charge in [0.15, 0.2) is 0 Å². The van der Waals surface area contributed by atoms with Crippen molar-refractivity contribution in [2.24, 2.45) is 0 Å². The van der Waals surface area contributed by atoms with E-state index in [9.17, 15) is 0 Å². The van der Waals surface area contributed by atoms with Crippen molar-refractivity contribution in [2.75, 3.05) is 0 Å². The molecule has 0 aliphatic rings. The molecule has 0 saturated carbocycles. The minimum atomic E-state index is 0. The molecule has 144 valence electrons. The van der Waals surface area contributed by atoms with Gasteiger partial charge in [0.2, 0.25) is 0 Å². The smallest absolute Gasteiger partial charge is 0.0228 e. The monoisotopic (exact) mass is 346 g/mol. The second-order valence-electron chi connectivity index (χ2n) is 5.70. The Hall–Kier alpha value is -1.90. The van der Waals surface area contributed by atoms with Gasteiger partial charge in [0.05, 0.1) is 0 Å². The Labute approximate surface area is 157 Å². The first-order chi connectivity index (χ1) is 10.8. The molecule has 0 atom stereocenters. The molecule has 0 heterocycles. The van der Waals surface area contributed by atoms with E-state index in [1.54, 1.807) is 6.08 Å². The maximum Gasteiger partial charge on any atom is -0.0228 e. The van der Waals surface area contributed by atoms with Gasteiger partial charge in [0, 0.05) is 0 Å². The first-order valence-electron chi connectivity index (χ1n) is 8.45. The molecule has 2 nitrogen and oxygen atoms in total. The van der Waals surface area contributed by atoms with Crippen LogP contribution in [0.5, 0.6) is 0 Å². The molecule has 6 N–H and O–H groups in total. The molecule has 0 amide bonds. The van der Waals surface area contributed by atoms with Crippen LogP contribution in [0, 0.1) is 6.92 Å². The molecular weight excluding hydrogens is 304 g/mol. The highest BCUT2D eigenvalue weighted by atomic mass is 14.0. The Balaban J connectivity index is -0.000000156. The van der Waals surface area contributed by atoms with E-state index in [1.807, 2.05) is 26.0 Å². The second kappa shape index (κ2) is 20.1. The third kappa shape index (κ3) is 18.3. The van der Waals surface area contributed by atoms with Crippen LogP contribution in [0.2, 0.25) is 0 Å². The molecule has 0 aliphatic carbocycles. The van der Waals surface area contributed by atoms with Crippen LogP contribution in [0.4, 0.5) is 0 Å². The van der Waals surface area contributed by atoms with E-state index in [0.29, 0.717) is 0 Å². The Morgan fingerprint density at radius 2 is 1.40 bits per heavy atom. The van der Waals surface area contributed by atoms with Gasteiger partial charge >= 0.3 is 0 Å². The van der Waals surface area contributed by atoms with E-state index in [1.165, 1.54) is 27.8 Å². The first kappa shape index (κ1) is 30.9. The van der Waals surface area contributed by atoms with Gasteiger partial charge in [-0.15, -0.1) is 6.58 Å². The van der Waals surface area contributed by atoms with Gasteiger partial charge in [0.25, 0.3) is 0 Å². The summed E-state index contributed by atoms with van der Waals surface area (Å²) >= 11 is 0. The van der Waals surface area contributed by atoms with Crippen LogP contribution in [-0.4, -0.2) is 0 Å². The molecule has 1 rings (SSSR count). The van der Waals surface area contributed by atoms with E-state index >= 15 is 0 Å². The standard InChI is InChI=1S/C13H18.C5H10.C5H8.2H3N/c1-5-11(3)12(4)13-8-6-10(2)7-9-13;1-4-5(2)3;1-3-5-4-2;;/h6-9H,5H2,1-4H3;2,4H2,1,3H3;3-5H,1H2,2H3;2*1H3/b12-11-;;5-4-;;. The Bertz CT molecular complexity index is 505. The van der Waals surface area contributed by atoms with Crippen molar-refractivity contribution in [1.29, 1.82) is 0 Å². The summed E-state index contributed by atoms with van der Waals surface area (Å²) in [5, 5.41) is 0.